The third-order valence-corrected chi connectivity index (χ3v) is 3.16. The lowest BCUT2D eigenvalue weighted by Crippen LogP contribution is -1.95. The van der Waals surface area contributed by atoms with Gasteiger partial charge in [0.25, 0.3) is 0 Å². The summed E-state index contributed by atoms with van der Waals surface area (Å²) in [7, 11) is 0. The van der Waals surface area contributed by atoms with Gasteiger partial charge in [0.1, 0.15) is 0 Å². The van der Waals surface area contributed by atoms with Crippen molar-refractivity contribution in [3.05, 3.63) is 66.2 Å². The van der Waals surface area contributed by atoms with Gasteiger partial charge in [-0.25, -0.2) is 0 Å². The largest absolute Gasteiger partial charge is 0.0804 e. The smallest absolute Gasteiger partial charge is 0.0109 e. The van der Waals surface area contributed by atoms with E-state index < -0.39 is 0 Å². The van der Waals surface area contributed by atoms with Crippen LogP contribution in [0.15, 0.2) is 60.7 Å². The Morgan fingerprint density at radius 3 is 1.94 bits per heavy atom. The Bertz CT molecular complexity index is 521. The molecule has 0 radical (unpaired) electrons. The normalized spacial score (nSPS) is 14.1. The predicted molar refractivity (Wildman–Crippen MR) is 69.1 cm³/mol. The van der Waals surface area contributed by atoms with Gasteiger partial charge in [-0.2, -0.15) is 0 Å². The highest BCUT2D eigenvalue weighted by atomic mass is 14.2. The SMILES string of the molecule is C1=C(c2ccccc2-c2ccccc2)CC1. The lowest BCUT2D eigenvalue weighted by molar-refractivity contribution is 0.989. The summed E-state index contributed by atoms with van der Waals surface area (Å²) in [6.07, 6.45) is 4.80. The van der Waals surface area contributed by atoms with E-state index in [0.717, 1.165) is 0 Å². The second-order valence-electron chi connectivity index (χ2n) is 4.18. The maximum atomic E-state index is 2.34. The van der Waals surface area contributed by atoms with Crippen LogP contribution in [0, 0.1) is 0 Å². The van der Waals surface area contributed by atoms with E-state index in [4.69, 9.17) is 0 Å². The highest BCUT2D eigenvalue weighted by Gasteiger charge is 2.12. The molecule has 0 saturated carbocycles. The fraction of sp³-hybridized carbons (Fsp3) is 0.125. The number of hydrogen-bond acceptors (Lipinski definition) is 0. The zero-order chi connectivity index (χ0) is 10.8. The average molecular weight is 206 g/mol. The molecule has 0 nitrogen and oxygen atoms in total. The molecule has 0 heterocycles. The van der Waals surface area contributed by atoms with Crippen molar-refractivity contribution in [1.82, 2.24) is 0 Å². The third-order valence-electron chi connectivity index (χ3n) is 3.16. The highest BCUT2D eigenvalue weighted by molar-refractivity contribution is 5.83. The Morgan fingerprint density at radius 2 is 1.31 bits per heavy atom. The lowest BCUT2D eigenvalue weighted by Gasteiger charge is -2.18. The lowest BCUT2D eigenvalue weighted by atomic mass is 9.87. The molecule has 0 aliphatic heterocycles. The summed E-state index contributed by atoms with van der Waals surface area (Å²) in [6.45, 7) is 0. The Labute approximate surface area is 96.3 Å². The fourth-order valence-corrected chi connectivity index (χ4v) is 2.17. The minimum atomic E-state index is 1.23. The van der Waals surface area contributed by atoms with Gasteiger partial charge in [-0.3, -0.25) is 0 Å². The van der Waals surface area contributed by atoms with Crippen molar-refractivity contribution in [2.75, 3.05) is 0 Å². The van der Waals surface area contributed by atoms with Crippen LogP contribution in [0.2, 0.25) is 0 Å². The molecular weight excluding hydrogens is 192 g/mol. The zero-order valence-corrected chi connectivity index (χ0v) is 9.19. The van der Waals surface area contributed by atoms with Gasteiger partial charge in [0, 0.05) is 0 Å². The summed E-state index contributed by atoms with van der Waals surface area (Å²) in [5.74, 6) is 0. The molecule has 0 atom stereocenters. The molecule has 0 N–H and O–H groups in total. The third kappa shape index (κ3) is 1.57. The first-order valence-electron chi connectivity index (χ1n) is 5.79. The monoisotopic (exact) mass is 206 g/mol. The summed E-state index contributed by atoms with van der Waals surface area (Å²) in [4.78, 5) is 0. The topological polar surface area (TPSA) is 0 Å². The molecule has 1 aliphatic carbocycles. The van der Waals surface area contributed by atoms with Crippen LogP contribution in [0.3, 0.4) is 0 Å². The maximum Gasteiger partial charge on any atom is -0.0109 e. The van der Waals surface area contributed by atoms with Gasteiger partial charge >= 0.3 is 0 Å². The summed E-state index contributed by atoms with van der Waals surface area (Å²) in [6, 6.07) is 19.3. The minimum absolute atomic E-state index is 1.23. The van der Waals surface area contributed by atoms with E-state index in [1.807, 2.05) is 0 Å². The van der Waals surface area contributed by atoms with E-state index >= 15 is 0 Å². The number of rotatable bonds is 2. The van der Waals surface area contributed by atoms with Gasteiger partial charge in [0.05, 0.1) is 0 Å². The standard InChI is InChI=1S/C16H14/c1-2-7-13(8-3-1)15-11-4-5-12-16(15)14-9-6-10-14/h1-5,7-9,11-12H,6,10H2. The highest BCUT2D eigenvalue weighted by Crippen LogP contribution is 2.35. The van der Waals surface area contributed by atoms with Crippen LogP contribution in [-0.2, 0) is 0 Å². The Hall–Kier alpha value is -1.82. The second-order valence-corrected chi connectivity index (χ2v) is 4.18. The van der Waals surface area contributed by atoms with Crippen molar-refractivity contribution >= 4 is 5.57 Å². The molecule has 16 heavy (non-hydrogen) atoms. The van der Waals surface area contributed by atoms with Crippen molar-refractivity contribution in [2.24, 2.45) is 0 Å². The van der Waals surface area contributed by atoms with Gasteiger partial charge in [-0.15, -0.1) is 0 Å². The van der Waals surface area contributed by atoms with Crippen LogP contribution >= 0.6 is 0 Å². The maximum absolute atomic E-state index is 2.34. The molecule has 0 heteroatoms. The molecule has 3 rings (SSSR count). The van der Waals surface area contributed by atoms with E-state index in [-0.39, 0.29) is 0 Å². The van der Waals surface area contributed by atoms with Crippen LogP contribution < -0.4 is 0 Å². The molecule has 0 spiro atoms. The first-order chi connectivity index (χ1) is 7.95. The van der Waals surface area contributed by atoms with E-state index in [1.165, 1.54) is 35.1 Å². The van der Waals surface area contributed by atoms with E-state index in [9.17, 15) is 0 Å². The molecule has 2 aromatic carbocycles. The van der Waals surface area contributed by atoms with Crippen LogP contribution in [0.25, 0.3) is 16.7 Å². The quantitative estimate of drug-likeness (QED) is 0.677. The minimum Gasteiger partial charge on any atom is -0.0804 e. The molecule has 78 valence electrons. The van der Waals surface area contributed by atoms with Gasteiger partial charge in [0.15, 0.2) is 0 Å². The van der Waals surface area contributed by atoms with Gasteiger partial charge in [0.2, 0.25) is 0 Å². The number of allylic oxidation sites excluding steroid dienone is 2. The Balaban J connectivity index is 2.14. The van der Waals surface area contributed by atoms with Gasteiger partial charge in [-0.05, 0) is 35.1 Å². The summed E-state index contributed by atoms with van der Waals surface area (Å²) in [5.41, 5.74) is 5.57. The van der Waals surface area contributed by atoms with E-state index in [0.29, 0.717) is 0 Å². The first-order valence-corrected chi connectivity index (χ1v) is 5.79. The van der Waals surface area contributed by atoms with Gasteiger partial charge < -0.3 is 0 Å². The summed E-state index contributed by atoms with van der Waals surface area (Å²) in [5, 5.41) is 0. The molecule has 0 fully saturated rings. The van der Waals surface area contributed by atoms with E-state index in [2.05, 4.69) is 60.7 Å². The van der Waals surface area contributed by atoms with E-state index in [1.54, 1.807) is 0 Å². The van der Waals surface area contributed by atoms with Crippen molar-refractivity contribution in [3.63, 3.8) is 0 Å². The zero-order valence-electron chi connectivity index (χ0n) is 9.19. The average Bonchev–Trinajstić information content (AvgIpc) is 2.29. The second kappa shape index (κ2) is 3.97. The molecule has 0 amide bonds. The van der Waals surface area contributed by atoms with Crippen LogP contribution in [-0.4, -0.2) is 0 Å². The summed E-state index contributed by atoms with van der Waals surface area (Å²) < 4.78 is 0. The number of hydrogen-bond donors (Lipinski definition) is 0. The van der Waals surface area contributed by atoms with Gasteiger partial charge in [-0.1, -0.05) is 60.7 Å². The number of benzene rings is 2. The van der Waals surface area contributed by atoms with Crippen LogP contribution in [0.5, 0.6) is 0 Å². The van der Waals surface area contributed by atoms with Crippen LogP contribution in [0.4, 0.5) is 0 Å². The molecular formula is C16H14. The van der Waals surface area contributed by atoms with Crippen LogP contribution in [0.1, 0.15) is 18.4 Å². The summed E-state index contributed by atoms with van der Waals surface area (Å²) >= 11 is 0. The molecule has 0 bridgehead atoms. The molecule has 0 unspecified atom stereocenters. The fourth-order valence-electron chi connectivity index (χ4n) is 2.17. The predicted octanol–water partition coefficient (Wildman–Crippen LogP) is 4.53. The molecule has 1 aliphatic rings. The van der Waals surface area contributed by atoms with Crippen molar-refractivity contribution in [1.29, 1.82) is 0 Å². The van der Waals surface area contributed by atoms with Crippen molar-refractivity contribution < 1.29 is 0 Å². The van der Waals surface area contributed by atoms with Crippen molar-refractivity contribution in [2.45, 2.75) is 12.8 Å². The Morgan fingerprint density at radius 1 is 0.688 bits per heavy atom. The Kier molecular flexibility index (Phi) is 2.34. The first kappa shape index (κ1) is 9.41. The molecule has 0 aromatic heterocycles. The molecule has 2 aromatic rings. The molecule has 0 saturated heterocycles. The van der Waals surface area contributed by atoms with Crippen molar-refractivity contribution in [3.8, 4) is 11.1 Å².